The lowest BCUT2D eigenvalue weighted by atomic mass is 9.45. The fraction of sp³-hybridized carbons (Fsp3) is 0.960. The van der Waals surface area contributed by atoms with Gasteiger partial charge in [0.1, 0.15) is 97.7 Å². The molecule has 1 spiro atoms. The van der Waals surface area contributed by atoms with Gasteiger partial charge in [-0.25, -0.2) is 0 Å². The molecular weight excluding hydrogens is 985 g/mol. The number of allylic oxidation sites excluding steroid dienone is 1. The van der Waals surface area contributed by atoms with E-state index in [9.17, 15) is 71.5 Å². The minimum Gasteiger partial charge on any atom is -0.394 e. The smallest absolute Gasteiger partial charge is 0.197 e. The Hall–Kier alpha value is -1.22. The maximum absolute atomic E-state index is 13.0. The Morgan fingerprint density at radius 3 is 1.95 bits per heavy atom. The molecule has 6 saturated heterocycles. The van der Waals surface area contributed by atoms with Crippen molar-refractivity contribution in [2.24, 2.45) is 40.4 Å². The Labute approximate surface area is 428 Å². The fourth-order valence-electron chi connectivity index (χ4n) is 15.4. The average molecular weight is 1070 g/mol. The van der Waals surface area contributed by atoms with Crippen LogP contribution in [0.15, 0.2) is 11.6 Å². The summed E-state index contributed by atoms with van der Waals surface area (Å²) < 4.78 is 60.7. The Balaban J connectivity index is 0.833. The van der Waals surface area contributed by atoms with Gasteiger partial charge in [0.15, 0.2) is 30.9 Å². The Bertz CT molecular complexity index is 1990. The summed E-state index contributed by atoms with van der Waals surface area (Å²) in [4.78, 5) is 0. The van der Waals surface area contributed by atoms with E-state index in [4.69, 9.17) is 47.4 Å². The molecule has 0 aromatic rings. The number of aliphatic hydroxyl groups is 14. The van der Waals surface area contributed by atoms with Crippen LogP contribution in [0, 0.1) is 40.4 Å². The monoisotopic (exact) mass is 1060 g/mol. The summed E-state index contributed by atoms with van der Waals surface area (Å²) in [6, 6.07) is 0. The Morgan fingerprint density at radius 1 is 0.622 bits per heavy atom. The maximum atomic E-state index is 13.0. The number of aliphatic hydroxyl groups excluding tert-OH is 13. The Morgan fingerprint density at radius 2 is 1.24 bits per heavy atom. The zero-order valence-corrected chi connectivity index (χ0v) is 42.2. The molecule has 31 unspecified atom stereocenters. The minimum absolute atomic E-state index is 0.00498. The van der Waals surface area contributed by atoms with Gasteiger partial charge in [-0.3, -0.25) is 0 Å². The molecule has 6 aliphatic heterocycles. The SMILES string of the molecule is CC1COC2(OC3CC4(O)C5CC=C6CC(OC7OC(CO)C(OC8OC(CO)C(O)C(OC9OCC(O)C(O)C9O)C8OC8OC(CO)C(O)C(O)C8O)C(O)C7O)CCC6(C)C5CCC4(C)C3C2C)C(O)C1. The third-order valence-corrected chi connectivity index (χ3v) is 19.6. The first-order valence-electron chi connectivity index (χ1n) is 26.6. The van der Waals surface area contributed by atoms with Crippen LogP contribution in [0.4, 0.5) is 0 Å². The highest BCUT2D eigenvalue weighted by molar-refractivity contribution is 5.30. The van der Waals surface area contributed by atoms with E-state index in [0.29, 0.717) is 45.1 Å². The minimum atomic E-state index is -2.02. The number of ether oxygens (including phenoxy) is 10. The number of hydrogen-bond acceptors (Lipinski definition) is 24. The number of hydrogen-bond donors (Lipinski definition) is 14. The summed E-state index contributed by atoms with van der Waals surface area (Å²) in [7, 11) is 0. The molecule has 0 radical (unpaired) electrons. The van der Waals surface area contributed by atoms with Crippen LogP contribution in [0.2, 0.25) is 0 Å². The van der Waals surface area contributed by atoms with Crippen LogP contribution in [0.5, 0.6) is 0 Å². The molecule has 24 heteroatoms. The van der Waals surface area contributed by atoms with Gasteiger partial charge in [0.05, 0.1) is 50.8 Å². The first kappa shape index (κ1) is 56.1. The van der Waals surface area contributed by atoms with Gasteiger partial charge in [-0.2, -0.15) is 0 Å². The zero-order valence-electron chi connectivity index (χ0n) is 42.2. The maximum Gasteiger partial charge on any atom is 0.197 e. The second-order valence-electron chi connectivity index (χ2n) is 23.7. The molecule has 0 aromatic carbocycles. The van der Waals surface area contributed by atoms with Crippen LogP contribution in [-0.4, -0.2) is 251 Å². The molecule has 10 rings (SSSR count). The van der Waals surface area contributed by atoms with Gasteiger partial charge in [-0.05, 0) is 68.1 Å². The topological polar surface area (TPSA) is 376 Å². The standard InChI is InChI=1S/C50H80O24/c1-19-11-30(55)50(66-17-19)20(2)31-26(74-50)13-49(64)24-6-5-21-12-22(7-9-47(21,3)23(24)8-10-48(31,49)4)67-44-39(63)36(60)40(29(16-53)70-44)71-46-42(73-45-38(62)35(59)33(57)27(14-51)68-45)41(34(58)28(15-52)69-46)72-43-37(61)32(56)25(54)18-65-43/h5,19-20,22-46,51-64H,6-18H2,1-4H3. The highest BCUT2D eigenvalue weighted by Crippen LogP contribution is 2.72. The molecule has 9 fully saturated rings. The highest BCUT2D eigenvalue weighted by Gasteiger charge is 2.75. The summed E-state index contributed by atoms with van der Waals surface area (Å²) in [5.74, 6) is -0.845. The summed E-state index contributed by atoms with van der Waals surface area (Å²) in [5.41, 5.74) is -0.586. The van der Waals surface area contributed by atoms with Gasteiger partial charge in [-0.1, -0.05) is 39.3 Å². The molecule has 0 bridgehead atoms. The molecule has 6 heterocycles. The van der Waals surface area contributed by atoms with Gasteiger partial charge >= 0.3 is 0 Å². The van der Waals surface area contributed by atoms with Gasteiger partial charge < -0.3 is 119 Å². The van der Waals surface area contributed by atoms with Crippen molar-refractivity contribution in [3.8, 4) is 0 Å². The third kappa shape index (κ3) is 8.99. The largest absolute Gasteiger partial charge is 0.394 e. The molecule has 3 saturated carbocycles. The molecule has 0 aromatic heterocycles. The summed E-state index contributed by atoms with van der Waals surface area (Å²) in [6.45, 7) is 6.05. The average Bonchev–Trinajstić information content (AvgIpc) is 3.79. The predicted octanol–water partition coefficient (Wildman–Crippen LogP) is -4.26. The van der Waals surface area contributed by atoms with Crippen molar-refractivity contribution in [2.75, 3.05) is 33.0 Å². The second kappa shape index (κ2) is 21.0. The van der Waals surface area contributed by atoms with Crippen molar-refractivity contribution in [3.63, 3.8) is 0 Å². The summed E-state index contributed by atoms with van der Waals surface area (Å²) in [5, 5.41) is 154. The quantitative estimate of drug-likeness (QED) is 0.0871. The lowest BCUT2D eigenvalue weighted by Crippen LogP contribution is -2.68. The summed E-state index contributed by atoms with van der Waals surface area (Å²) >= 11 is 0. The van der Waals surface area contributed by atoms with E-state index in [1.807, 2.05) is 0 Å². The van der Waals surface area contributed by atoms with Crippen LogP contribution in [0.1, 0.15) is 79.1 Å². The lowest BCUT2D eigenvalue weighted by molar-refractivity contribution is -0.403. The van der Waals surface area contributed by atoms with E-state index >= 15 is 0 Å². The van der Waals surface area contributed by atoms with Crippen LogP contribution < -0.4 is 0 Å². The van der Waals surface area contributed by atoms with Crippen LogP contribution in [0.25, 0.3) is 0 Å². The fourth-order valence-corrected chi connectivity index (χ4v) is 15.4. The normalized spacial score (nSPS) is 57.5. The van der Waals surface area contributed by atoms with Crippen LogP contribution in [0.3, 0.4) is 0 Å². The van der Waals surface area contributed by atoms with Gasteiger partial charge in [-0.15, -0.1) is 0 Å². The second-order valence-corrected chi connectivity index (χ2v) is 23.7. The van der Waals surface area contributed by atoms with Gasteiger partial charge in [0.2, 0.25) is 0 Å². The van der Waals surface area contributed by atoms with Crippen molar-refractivity contribution >= 4 is 0 Å². The molecule has 4 aliphatic carbocycles. The molecule has 24 nitrogen and oxygen atoms in total. The van der Waals surface area contributed by atoms with E-state index in [1.165, 1.54) is 0 Å². The molecular formula is C50H80O24. The van der Waals surface area contributed by atoms with Crippen molar-refractivity contribution in [3.05, 3.63) is 11.6 Å². The van der Waals surface area contributed by atoms with Crippen molar-refractivity contribution in [1.82, 2.24) is 0 Å². The predicted molar refractivity (Wildman–Crippen MR) is 245 cm³/mol. The van der Waals surface area contributed by atoms with E-state index in [1.54, 1.807) is 0 Å². The summed E-state index contributed by atoms with van der Waals surface area (Å²) in [6.07, 6.45) is -27.7. The Kier molecular flexibility index (Phi) is 15.9. The van der Waals surface area contributed by atoms with E-state index in [2.05, 4.69) is 33.8 Å². The highest BCUT2D eigenvalue weighted by atomic mass is 16.8. The van der Waals surface area contributed by atoms with E-state index in [-0.39, 0.29) is 41.1 Å². The lowest BCUT2D eigenvalue weighted by Gasteiger charge is -2.62. The molecule has 14 N–H and O–H groups in total. The van der Waals surface area contributed by atoms with E-state index < -0.39 is 172 Å². The molecule has 0 amide bonds. The van der Waals surface area contributed by atoms with E-state index in [0.717, 1.165) is 18.4 Å². The van der Waals surface area contributed by atoms with Crippen LogP contribution >= 0.6 is 0 Å². The van der Waals surface area contributed by atoms with Crippen molar-refractivity contribution in [2.45, 2.75) is 225 Å². The van der Waals surface area contributed by atoms with Crippen LogP contribution in [-0.2, 0) is 47.4 Å². The zero-order chi connectivity index (χ0) is 53.1. The molecule has 424 valence electrons. The van der Waals surface area contributed by atoms with Crippen molar-refractivity contribution < 1.29 is 119 Å². The molecule has 31 atom stereocenters. The number of rotatable bonds is 11. The molecule has 10 aliphatic rings. The number of fused-ring (bicyclic) bond motifs is 7. The van der Waals surface area contributed by atoms with Gasteiger partial charge in [0.25, 0.3) is 0 Å². The van der Waals surface area contributed by atoms with Gasteiger partial charge in [0, 0.05) is 23.7 Å². The first-order chi connectivity index (χ1) is 35.0. The molecule has 74 heavy (non-hydrogen) atoms. The first-order valence-corrected chi connectivity index (χ1v) is 26.6. The van der Waals surface area contributed by atoms with Crippen molar-refractivity contribution in [1.29, 1.82) is 0 Å². The third-order valence-electron chi connectivity index (χ3n) is 19.6.